The van der Waals surface area contributed by atoms with Gasteiger partial charge in [0.25, 0.3) is 0 Å². The molecule has 0 aromatic heterocycles. The standard InChI is InChI=1S/C45H76N2O7/c1-26(48)53-25-36-34-13-14-35-41-31(19-32(49)21-39(41)52-3)23-45(42(35)44(34)54-43(36)28-10-15-37(50)38(20-28)51-2)18-17-29(22-45)33(30-11-16-40(46)47-24-30)12-9-27-7-5-4-6-8-27/h27-44,47,49-50H,4-25,46H2,1-3H3/t28?,29-,30?,31?,32?,33+,34?,35?,36-,37?,38?,39?,40?,41?,42?,43-,44?,45-/m1/s1. The minimum atomic E-state index is -0.436. The molecule has 0 bridgehead atoms. The zero-order valence-corrected chi connectivity index (χ0v) is 34.0. The van der Waals surface area contributed by atoms with Crippen molar-refractivity contribution < 1.29 is 34.0 Å². The van der Waals surface area contributed by atoms with Crippen LogP contribution in [-0.2, 0) is 23.7 Å². The highest BCUT2D eigenvalue weighted by atomic mass is 16.5. The molecule has 6 aliphatic carbocycles. The molecule has 5 N–H and O–H groups in total. The van der Waals surface area contributed by atoms with Gasteiger partial charge in [-0.25, -0.2) is 0 Å². The number of hydrogen-bond donors (Lipinski definition) is 4. The van der Waals surface area contributed by atoms with Crippen molar-refractivity contribution in [1.82, 2.24) is 5.32 Å². The van der Waals surface area contributed by atoms with E-state index in [1.54, 1.807) is 7.11 Å². The van der Waals surface area contributed by atoms with Gasteiger partial charge in [0.05, 0.1) is 49.4 Å². The number of esters is 1. The molecule has 1 spiro atoms. The molecule has 0 aromatic carbocycles. The third-order valence-corrected chi connectivity index (χ3v) is 17.6. The molecule has 13 unspecified atom stereocenters. The van der Waals surface area contributed by atoms with Crippen LogP contribution in [0.25, 0.3) is 0 Å². The predicted molar refractivity (Wildman–Crippen MR) is 208 cm³/mol. The summed E-state index contributed by atoms with van der Waals surface area (Å²) < 4.78 is 25.6. The monoisotopic (exact) mass is 757 g/mol. The zero-order chi connectivity index (χ0) is 37.6. The summed E-state index contributed by atoms with van der Waals surface area (Å²) in [6.45, 7) is 3.02. The summed E-state index contributed by atoms with van der Waals surface area (Å²) in [5, 5.41) is 25.7. The Balaban J connectivity index is 1.11. The molecular weight excluding hydrogens is 681 g/mol. The summed E-state index contributed by atoms with van der Waals surface area (Å²) in [5.41, 5.74) is 6.60. The summed E-state index contributed by atoms with van der Waals surface area (Å²) in [6, 6.07) is 0. The molecule has 6 saturated carbocycles. The molecule has 54 heavy (non-hydrogen) atoms. The van der Waals surface area contributed by atoms with Crippen LogP contribution in [0.2, 0.25) is 0 Å². The van der Waals surface area contributed by atoms with Crippen molar-refractivity contribution >= 4 is 5.97 Å². The Morgan fingerprint density at radius 3 is 2.39 bits per heavy atom. The first-order chi connectivity index (χ1) is 26.2. The van der Waals surface area contributed by atoms with E-state index in [1.807, 2.05) is 7.11 Å². The van der Waals surface area contributed by atoms with Crippen LogP contribution >= 0.6 is 0 Å². The van der Waals surface area contributed by atoms with Gasteiger partial charge in [0, 0.05) is 27.1 Å². The highest BCUT2D eigenvalue weighted by Gasteiger charge is 2.66. The quantitative estimate of drug-likeness (QED) is 0.182. The average molecular weight is 757 g/mol. The molecule has 8 fully saturated rings. The molecule has 2 saturated heterocycles. The fourth-order valence-corrected chi connectivity index (χ4v) is 15.4. The number of ether oxygens (including phenoxy) is 4. The van der Waals surface area contributed by atoms with Gasteiger partial charge in [-0.1, -0.05) is 38.5 Å². The minimum Gasteiger partial charge on any atom is -0.465 e. The molecule has 8 aliphatic rings. The molecule has 8 rings (SSSR count). The normalized spacial score (nSPS) is 48.9. The highest BCUT2D eigenvalue weighted by Crippen LogP contribution is 2.69. The van der Waals surface area contributed by atoms with Gasteiger partial charge >= 0.3 is 5.97 Å². The Morgan fingerprint density at radius 1 is 0.852 bits per heavy atom. The SMILES string of the molecule is COC1CC([C@H]2OC3C(CCC4C5C(CC(O)CC5OC)C[C@]5(CC[C@@H]([C@H](CCC6CCCCC6)C6CCC(N)NC6)C5)C43)[C@H]2COC(C)=O)CCC1O. The number of methoxy groups -OCH3 is 2. The molecule has 308 valence electrons. The van der Waals surface area contributed by atoms with Crippen LogP contribution < -0.4 is 11.1 Å². The molecule has 2 aliphatic heterocycles. The van der Waals surface area contributed by atoms with Crippen molar-refractivity contribution in [2.24, 2.45) is 76.2 Å². The van der Waals surface area contributed by atoms with Gasteiger partial charge in [-0.15, -0.1) is 0 Å². The van der Waals surface area contributed by atoms with Gasteiger partial charge in [0.15, 0.2) is 0 Å². The largest absolute Gasteiger partial charge is 0.465 e. The lowest BCUT2D eigenvalue weighted by Crippen LogP contribution is -2.59. The topological polar surface area (TPSA) is 132 Å². The van der Waals surface area contributed by atoms with Crippen molar-refractivity contribution in [2.45, 2.75) is 178 Å². The Bertz CT molecular complexity index is 1240. The number of nitrogens with one attached hydrogen (secondary N) is 1. The maximum Gasteiger partial charge on any atom is 0.302 e. The number of aliphatic hydroxyl groups is 2. The van der Waals surface area contributed by atoms with Gasteiger partial charge < -0.3 is 40.2 Å². The summed E-state index contributed by atoms with van der Waals surface area (Å²) in [6.07, 6.45) is 23.0. The fraction of sp³-hybridized carbons (Fsp3) is 0.978. The van der Waals surface area contributed by atoms with Crippen LogP contribution in [0.3, 0.4) is 0 Å². The third-order valence-electron chi connectivity index (χ3n) is 17.6. The lowest BCUT2D eigenvalue weighted by Gasteiger charge is -2.61. The number of carbonyl (C=O) groups is 1. The highest BCUT2D eigenvalue weighted by molar-refractivity contribution is 5.65. The number of piperidine rings is 1. The molecular formula is C45H76N2O7. The van der Waals surface area contributed by atoms with E-state index in [4.69, 9.17) is 24.7 Å². The van der Waals surface area contributed by atoms with E-state index in [9.17, 15) is 15.0 Å². The molecule has 0 amide bonds. The summed E-state index contributed by atoms with van der Waals surface area (Å²) in [4.78, 5) is 12.3. The van der Waals surface area contributed by atoms with Crippen molar-refractivity contribution in [1.29, 1.82) is 0 Å². The first-order valence-corrected chi connectivity index (χ1v) is 22.9. The first kappa shape index (κ1) is 40.0. The smallest absolute Gasteiger partial charge is 0.302 e. The van der Waals surface area contributed by atoms with Crippen LogP contribution in [0.5, 0.6) is 0 Å². The summed E-state index contributed by atoms with van der Waals surface area (Å²) in [5.74, 6) is 5.55. The summed E-state index contributed by atoms with van der Waals surface area (Å²) in [7, 11) is 3.59. The van der Waals surface area contributed by atoms with E-state index in [2.05, 4.69) is 5.32 Å². The maximum absolute atomic E-state index is 12.3. The molecule has 0 aromatic rings. The van der Waals surface area contributed by atoms with Gasteiger partial charge in [0.1, 0.15) is 0 Å². The second-order valence-electron chi connectivity index (χ2n) is 20.3. The number of carbonyl (C=O) groups excluding carboxylic acids is 1. The Kier molecular flexibility index (Phi) is 12.7. The first-order valence-electron chi connectivity index (χ1n) is 22.9. The maximum atomic E-state index is 12.3. The van der Waals surface area contributed by atoms with E-state index in [0.717, 1.165) is 69.2 Å². The van der Waals surface area contributed by atoms with Gasteiger partial charge in [-0.3, -0.25) is 4.79 Å². The van der Waals surface area contributed by atoms with Crippen molar-refractivity contribution in [2.75, 3.05) is 27.4 Å². The van der Waals surface area contributed by atoms with Crippen LogP contribution in [-0.4, -0.2) is 86.3 Å². The van der Waals surface area contributed by atoms with Crippen molar-refractivity contribution in [3.8, 4) is 0 Å². The lowest BCUT2D eigenvalue weighted by molar-refractivity contribution is -0.192. The third kappa shape index (κ3) is 7.97. The van der Waals surface area contributed by atoms with Crippen molar-refractivity contribution in [3.63, 3.8) is 0 Å². The van der Waals surface area contributed by atoms with E-state index in [-0.39, 0.29) is 59.9 Å². The zero-order valence-electron chi connectivity index (χ0n) is 34.0. The molecule has 18 atom stereocenters. The minimum absolute atomic E-state index is 0.00221. The van der Waals surface area contributed by atoms with Gasteiger partial charge in [-0.2, -0.15) is 0 Å². The Labute approximate surface area is 326 Å². The van der Waals surface area contributed by atoms with E-state index < -0.39 is 6.10 Å². The van der Waals surface area contributed by atoms with Crippen LogP contribution in [0, 0.1) is 70.5 Å². The second kappa shape index (κ2) is 17.2. The summed E-state index contributed by atoms with van der Waals surface area (Å²) >= 11 is 0. The van der Waals surface area contributed by atoms with Crippen molar-refractivity contribution in [3.05, 3.63) is 0 Å². The molecule has 9 heteroatoms. The van der Waals surface area contributed by atoms with Gasteiger partial charge in [-0.05, 0) is 161 Å². The average Bonchev–Trinajstić information content (AvgIpc) is 3.76. The molecule has 9 nitrogen and oxygen atoms in total. The predicted octanol–water partition coefficient (Wildman–Crippen LogP) is 6.60. The van der Waals surface area contributed by atoms with Crippen LogP contribution in [0.1, 0.15) is 135 Å². The van der Waals surface area contributed by atoms with Crippen LogP contribution in [0.4, 0.5) is 0 Å². The molecule has 2 heterocycles. The van der Waals surface area contributed by atoms with Crippen LogP contribution in [0.15, 0.2) is 0 Å². The Morgan fingerprint density at radius 2 is 1.65 bits per heavy atom. The lowest BCUT2D eigenvalue weighted by atomic mass is 9.45. The van der Waals surface area contributed by atoms with E-state index >= 15 is 0 Å². The Hall–Kier alpha value is -0.810. The van der Waals surface area contributed by atoms with E-state index in [0.29, 0.717) is 42.1 Å². The molecule has 0 radical (unpaired) electrons. The number of aliphatic hydroxyl groups excluding tert-OH is 2. The van der Waals surface area contributed by atoms with Gasteiger partial charge in [0.2, 0.25) is 0 Å². The van der Waals surface area contributed by atoms with E-state index in [1.165, 1.54) is 90.4 Å². The number of hydrogen-bond acceptors (Lipinski definition) is 9. The fourth-order valence-electron chi connectivity index (χ4n) is 15.4. The number of rotatable bonds is 10. The number of nitrogens with two attached hydrogens (primary N) is 1. The second-order valence-corrected chi connectivity index (χ2v) is 20.3. The number of fused-ring (bicyclic) bond motifs is 6.